The van der Waals surface area contributed by atoms with Gasteiger partial charge in [0.15, 0.2) is 0 Å². The van der Waals surface area contributed by atoms with Crippen LogP contribution in [0.5, 0.6) is 0 Å². The van der Waals surface area contributed by atoms with E-state index >= 15 is 0 Å². The van der Waals surface area contributed by atoms with Gasteiger partial charge in [0.1, 0.15) is 6.04 Å². The molecule has 5 nitrogen and oxygen atoms in total. The number of carbonyl (C=O) groups excluding carboxylic acids is 2. The Morgan fingerprint density at radius 3 is 2.74 bits per heavy atom. The summed E-state index contributed by atoms with van der Waals surface area (Å²) < 4.78 is 0. The van der Waals surface area contributed by atoms with Crippen molar-refractivity contribution < 1.29 is 9.59 Å². The molecule has 1 aromatic rings. The third kappa shape index (κ3) is 1.65. The lowest BCUT2D eigenvalue weighted by Crippen LogP contribution is -2.63. The highest BCUT2D eigenvalue weighted by atomic mass is 16.2. The number of rotatable bonds is 0. The fraction of sp³-hybridized carbons (Fsp3) is 0.429. The largest absolute Gasteiger partial charge is 0.311 e. The molecule has 3 rings (SSSR count). The predicted molar refractivity (Wildman–Crippen MR) is 73.5 cm³/mol. The van der Waals surface area contributed by atoms with Crippen molar-refractivity contribution in [2.75, 3.05) is 29.9 Å². The number of piperazine rings is 1. The zero-order chi connectivity index (χ0) is 13.7. The number of likely N-dealkylation sites (N-methyl/N-ethyl adjacent to an activating group) is 1. The van der Waals surface area contributed by atoms with E-state index in [1.165, 1.54) is 0 Å². The van der Waals surface area contributed by atoms with Gasteiger partial charge in [-0.2, -0.15) is 0 Å². The topological polar surface area (TPSA) is 52.7 Å². The number of anilines is 2. The van der Waals surface area contributed by atoms with E-state index < -0.39 is 6.04 Å². The normalized spacial score (nSPS) is 22.4. The molecule has 1 aromatic carbocycles. The number of amides is 2. The first-order chi connectivity index (χ1) is 9.00. The van der Waals surface area contributed by atoms with Crippen LogP contribution in [0.15, 0.2) is 12.1 Å². The van der Waals surface area contributed by atoms with E-state index in [1.807, 2.05) is 26.0 Å². The Balaban J connectivity index is 2.24. The quantitative estimate of drug-likeness (QED) is 0.741. The summed E-state index contributed by atoms with van der Waals surface area (Å²) in [6, 6.07) is 3.61. The minimum atomic E-state index is -0.417. The summed E-state index contributed by atoms with van der Waals surface area (Å²) in [6.45, 7) is 4.79. The molecule has 2 aliphatic rings. The summed E-state index contributed by atoms with van der Waals surface area (Å²) in [5.74, 6) is -0.0658. The molecular formula is C14H17N3O2. The molecule has 2 heterocycles. The molecule has 0 spiro atoms. The molecule has 0 bridgehead atoms. The molecule has 1 unspecified atom stereocenters. The third-order valence-corrected chi connectivity index (χ3v) is 3.83. The SMILES string of the molecule is Cc1cc(C)c2c(c1)N1C(=O)CNCC1C(=O)N2C. The van der Waals surface area contributed by atoms with Crippen molar-refractivity contribution >= 4 is 23.2 Å². The van der Waals surface area contributed by atoms with Gasteiger partial charge in [0.2, 0.25) is 5.91 Å². The molecule has 100 valence electrons. The van der Waals surface area contributed by atoms with Gasteiger partial charge < -0.3 is 10.2 Å². The number of aryl methyl sites for hydroxylation is 2. The molecule has 1 fully saturated rings. The van der Waals surface area contributed by atoms with Crippen LogP contribution in [0.2, 0.25) is 0 Å². The van der Waals surface area contributed by atoms with Crippen molar-refractivity contribution in [2.45, 2.75) is 19.9 Å². The van der Waals surface area contributed by atoms with E-state index in [-0.39, 0.29) is 11.8 Å². The molecule has 0 aliphatic carbocycles. The highest BCUT2D eigenvalue weighted by Gasteiger charge is 2.42. The van der Waals surface area contributed by atoms with Crippen molar-refractivity contribution in [3.63, 3.8) is 0 Å². The Labute approximate surface area is 112 Å². The molecule has 19 heavy (non-hydrogen) atoms. The van der Waals surface area contributed by atoms with Crippen LogP contribution >= 0.6 is 0 Å². The van der Waals surface area contributed by atoms with Crippen LogP contribution in [0.25, 0.3) is 0 Å². The third-order valence-electron chi connectivity index (χ3n) is 3.83. The summed E-state index contributed by atoms with van der Waals surface area (Å²) >= 11 is 0. The standard InChI is InChI=1S/C14H17N3O2/c1-8-4-9(2)13-10(5-8)17-11(14(19)16(13)3)6-15-7-12(17)18/h4-5,11,15H,6-7H2,1-3H3. The summed E-state index contributed by atoms with van der Waals surface area (Å²) in [5, 5.41) is 3.01. The monoisotopic (exact) mass is 259 g/mol. The molecular weight excluding hydrogens is 242 g/mol. The molecule has 1 atom stereocenters. The molecule has 1 saturated heterocycles. The van der Waals surface area contributed by atoms with Crippen molar-refractivity contribution in [3.8, 4) is 0 Å². The highest BCUT2D eigenvalue weighted by molar-refractivity contribution is 6.14. The number of nitrogens with zero attached hydrogens (tertiary/aromatic N) is 2. The van der Waals surface area contributed by atoms with Crippen LogP contribution in [-0.2, 0) is 9.59 Å². The van der Waals surface area contributed by atoms with Gasteiger partial charge in [0.25, 0.3) is 5.91 Å². The smallest absolute Gasteiger partial charge is 0.251 e. The second-order valence-electron chi connectivity index (χ2n) is 5.26. The fourth-order valence-corrected chi connectivity index (χ4v) is 3.06. The first kappa shape index (κ1) is 12.2. The maximum atomic E-state index is 12.4. The van der Waals surface area contributed by atoms with Crippen LogP contribution in [0.1, 0.15) is 11.1 Å². The number of benzene rings is 1. The average molecular weight is 259 g/mol. The van der Waals surface area contributed by atoms with Gasteiger partial charge in [-0.05, 0) is 31.0 Å². The number of fused-ring (bicyclic) bond motifs is 3. The number of nitrogens with one attached hydrogen (secondary N) is 1. The van der Waals surface area contributed by atoms with Gasteiger partial charge in [0.05, 0.1) is 17.9 Å². The van der Waals surface area contributed by atoms with E-state index in [0.717, 1.165) is 22.5 Å². The Hall–Kier alpha value is -1.88. The molecule has 0 saturated carbocycles. The first-order valence-electron chi connectivity index (χ1n) is 6.42. The van der Waals surface area contributed by atoms with Gasteiger partial charge in [-0.25, -0.2) is 0 Å². The summed E-state index contributed by atoms with van der Waals surface area (Å²) in [5.41, 5.74) is 3.83. The molecule has 2 aliphatic heterocycles. The molecule has 5 heteroatoms. The second kappa shape index (κ2) is 4.06. The van der Waals surface area contributed by atoms with E-state index in [2.05, 4.69) is 5.32 Å². The van der Waals surface area contributed by atoms with Crippen LogP contribution < -0.4 is 15.1 Å². The Morgan fingerprint density at radius 1 is 1.26 bits per heavy atom. The maximum Gasteiger partial charge on any atom is 0.251 e. The van der Waals surface area contributed by atoms with Gasteiger partial charge in [-0.3, -0.25) is 14.5 Å². The van der Waals surface area contributed by atoms with Gasteiger partial charge in [-0.15, -0.1) is 0 Å². The summed E-state index contributed by atoms with van der Waals surface area (Å²) in [7, 11) is 1.78. The maximum absolute atomic E-state index is 12.4. The van der Waals surface area contributed by atoms with Crippen LogP contribution in [0.4, 0.5) is 11.4 Å². The zero-order valence-electron chi connectivity index (χ0n) is 11.4. The predicted octanol–water partition coefficient (Wildman–Crippen LogP) is 0.585. The van der Waals surface area contributed by atoms with Crippen LogP contribution in [0.3, 0.4) is 0 Å². The molecule has 1 N–H and O–H groups in total. The van der Waals surface area contributed by atoms with Gasteiger partial charge in [-0.1, -0.05) is 6.07 Å². The lowest BCUT2D eigenvalue weighted by molar-refractivity contribution is -0.126. The van der Waals surface area contributed by atoms with E-state index in [1.54, 1.807) is 16.8 Å². The minimum Gasteiger partial charge on any atom is -0.311 e. The second-order valence-corrected chi connectivity index (χ2v) is 5.26. The summed E-state index contributed by atoms with van der Waals surface area (Å²) in [4.78, 5) is 27.9. The van der Waals surface area contributed by atoms with Crippen molar-refractivity contribution in [2.24, 2.45) is 0 Å². The lowest BCUT2D eigenvalue weighted by atomic mass is 9.99. The molecule has 2 amide bonds. The average Bonchev–Trinajstić information content (AvgIpc) is 2.34. The fourth-order valence-electron chi connectivity index (χ4n) is 3.06. The highest BCUT2D eigenvalue weighted by Crippen LogP contribution is 2.39. The minimum absolute atomic E-state index is 0.0278. The van der Waals surface area contributed by atoms with Crippen LogP contribution in [-0.4, -0.2) is 38.0 Å². The van der Waals surface area contributed by atoms with Gasteiger partial charge >= 0.3 is 0 Å². The van der Waals surface area contributed by atoms with Crippen molar-refractivity contribution in [1.29, 1.82) is 0 Å². The first-order valence-corrected chi connectivity index (χ1v) is 6.42. The Kier molecular flexibility index (Phi) is 2.60. The van der Waals surface area contributed by atoms with E-state index in [4.69, 9.17) is 0 Å². The summed E-state index contributed by atoms with van der Waals surface area (Å²) in [6.07, 6.45) is 0. The Morgan fingerprint density at radius 2 is 2.00 bits per heavy atom. The van der Waals surface area contributed by atoms with E-state index in [9.17, 15) is 9.59 Å². The van der Waals surface area contributed by atoms with Gasteiger partial charge in [0, 0.05) is 13.6 Å². The number of carbonyl (C=O) groups is 2. The zero-order valence-corrected chi connectivity index (χ0v) is 11.4. The van der Waals surface area contributed by atoms with Crippen molar-refractivity contribution in [1.82, 2.24) is 5.32 Å². The van der Waals surface area contributed by atoms with Crippen LogP contribution in [0, 0.1) is 13.8 Å². The lowest BCUT2D eigenvalue weighted by Gasteiger charge is -2.43. The van der Waals surface area contributed by atoms with E-state index in [0.29, 0.717) is 13.1 Å². The molecule has 0 aromatic heterocycles. The van der Waals surface area contributed by atoms with Crippen molar-refractivity contribution in [3.05, 3.63) is 23.3 Å². The number of hydrogen-bond donors (Lipinski definition) is 1. The number of hydrogen-bond acceptors (Lipinski definition) is 3. The molecule has 0 radical (unpaired) electrons. The Bertz CT molecular complexity index is 582.